The molecular weight excluding hydrogens is 212 g/mol. The van der Waals surface area contributed by atoms with E-state index < -0.39 is 12.0 Å². The van der Waals surface area contributed by atoms with Gasteiger partial charge in [-0.2, -0.15) is 0 Å². The van der Waals surface area contributed by atoms with Crippen molar-refractivity contribution >= 4 is 17.8 Å². The van der Waals surface area contributed by atoms with Gasteiger partial charge in [0, 0.05) is 19.4 Å². The number of carbonyl (C=O) groups is 3. The lowest BCUT2D eigenvalue weighted by molar-refractivity contribution is -0.137. The predicted octanol–water partition coefficient (Wildman–Crippen LogP) is -0.118. The molecule has 0 heterocycles. The van der Waals surface area contributed by atoms with Gasteiger partial charge in [0.15, 0.2) is 0 Å². The first-order valence-electron chi connectivity index (χ1n) is 5.26. The van der Waals surface area contributed by atoms with Gasteiger partial charge in [0.2, 0.25) is 11.8 Å². The summed E-state index contributed by atoms with van der Waals surface area (Å²) >= 11 is 0. The second-order valence-electron chi connectivity index (χ2n) is 3.43. The summed E-state index contributed by atoms with van der Waals surface area (Å²) in [5.41, 5.74) is 0. The molecule has 0 saturated heterocycles. The fourth-order valence-corrected chi connectivity index (χ4v) is 1.11. The normalized spacial score (nSPS) is 11.6. The molecule has 1 unspecified atom stereocenters. The number of amides is 2. The van der Waals surface area contributed by atoms with Crippen molar-refractivity contribution in [3.8, 4) is 0 Å². The Bertz CT molecular complexity index is 266. The summed E-state index contributed by atoms with van der Waals surface area (Å²) in [6.07, 6.45) is 0.363. The van der Waals surface area contributed by atoms with Gasteiger partial charge in [0.25, 0.3) is 0 Å². The molecule has 0 saturated carbocycles. The number of hydrogen-bond acceptors (Lipinski definition) is 3. The van der Waals surface area contributed by atoms with Crippen molar-refractivity contribution in [3.63, 3.8) is 0 Å². The molecule has 0 bridgehead atoms. The van der Waals surface area contributed by atoms with Gasteiger partial charge in [-0.05, 0) is 20.3 Å². The summed E-state index contributed by atoms with van der Waals surface area (Å²) in [5, 5.41) is 13.4. The molecule has 92 valence electrons. The molecule has 0 aliphatic rings. The standard InChI is InChI=1S/C10H18N2O4/c1-3-11-10(16)7(2)12-8(13)5-4-6-9(14)15/h7H,3-6H2,1-2H3,(H,11,16)(H,12,13)(H,14,15). The summed E-state index contributed by atoms with van der Waals surface area (Å²) in [5.74, 6) is -1.47. The molecule has 2 amide bonds. The molecule has 0 rings (SSSR count). The largest absolute Gasteiger partial charge is 0.481 e. The molecule has 1 atom stereocenters. The molecule has 0 aliphatic carbocycles. The summed E-state index contributed by atoms with van der Waals surface area (Å²) in [4.78, 5) is 32.7. The van der Waals surface area contributed by atoms with E-state index in [1.165, 1.54) is 0 Å². The average Bonchev–Trinajstić information content (AvgIpc) is 2.17. The van der Waals surface area contributed by atoms with E-state index in [0.717, 1.165) is 0 Å². The fourth-order valence-electron chi connectivity index (χ4n) is 1.11. The third kappa shape index (κ3) is 6.80. The molecule has 3 N–H and O–H groups in total. The molecule has 0 fully saturated rings. The zero-order valence-electron chi connectivity index (χ0n) is 9.58. The number of carboxylic acid groups (broad SMARTS) is 1. The van der Waals surface area contributed by atoms with Gasteiger partial charge < -0.3 is 15.7 Å². The topological polar surface area (TPSA) is 95.5 Å². The van der Waals surface area contributed by atoms with Crippen molar-refractivity contribution in [2.45, 2.75) is 39.2 Å². The Morgan fingerprint density at radius 1 is 1.25 bits per heavy atom. The quantitative estimate of drug-likeness (QED) is 0.568. The Morgan fingerprint density at radius 2 is 1.88 bits per heavy atom. The van der Waals surface area contributed by atoms with Crippen LogP contribution < -0.4 is 10.6 Å². The van der Waals surface area contributed by atoms with Crippen LogP contribution in [-0.4, -0.2) is 35.5 Å². The van der Waals surface area contributed by atoms with Gasteiger partial charge in [0.1, 0.15) is 6.04 Å². The monoisotopic (exact) mass is 230 g/mol. The summed E-state index contributed by atoms with van der Waals surface area (Å²) in [6.45, 7) is 3.89. The van der Waals surface area contributed by atoms with E-state index in [-0.39, 0.29) is 31.1 Å². The second kappa shape index (κ2) is 7.67. The highest BCUT2D eigenvalue weighted by Crippen LogP contribution is 1.96. The van der Waals surface area contributed by atoms with Crippen molar-refractivity contribution in [2.24, 2.45) is 0 Å². The van der Waals surface area contributed by atoms with E-state index in [2.05, 4.69) is 10.6 Å². The Hall–Kier alpha value is -1.59. The lowest BCUT2D eigenvalue weighted by Gasteiger charge is -2.12. The number of carbonyl (C=O) groups excluding carboxylic acids is 2. The molecule has 0 aromatic heterocycles. The van der Waals surface area contributed by atoms with Crippen LogP contribution >= 0.6 is 0 Å². The third-order valence-corrected chi connectivity index (χ3v) is 1.92. The zero-order chi connectivity index (χ0) is 12.6. The molecular formula is C10H18N2O4. The van der Waals surface area contributed by atoms with Crippen LogP contribution in [0.2, 0.25) is 0 Å². The molecule has 0 radical (unpaired) electrons. The number of hydrogen-bond donors (Lipinski definition) is 3. The van der Waals surface area contributed by atoms with Crippen molar-refractivity contribution < 1.29 is 19.5 Å². The van der Waals surface area contributed by atoms with Crippen molar-refractivity contribution in [3.05, 3.63) is 0 Å². The lowest BCUT2D eigenvalue weighted by Crippen LogP contribution is -2.44. The molecule has 6 heteroatoms. The highest BCUT2D eigenvalue weighted by atomic mass is 16.4. The van der Waals surface area contributed by atoms with Crippen molar-refractivity contribution in [1.29, 1.82) is 0 Å². The number of likely N-dealkylation sites (N-methyl/N-ethyl adjacent to an activating group) is 1. The van der Waals surface area contributed by atoms with Crippen LogP contribution in [0, 0.1) is 0 Å². The Labute approximate surface area is 94.4 Å². The van der Waals surface area contributed by atoms with E-state index in [1.807, 2.05) is 0 Å². The van der Waals surface area contributed by atoms with Crippen LogP contribution in [-0.2, 0) is 14.4 Å². The fraction of sp³-hybridized carbons (Fsp3) is 0.700. The van der Waals surface area contributed by atoms with E-state index in [1.54, 1.807) is 13.8 Å². The number of rotatable bonds is 7. The van der Waals surface area contributed by atoms with Gasteiger partial charge in [-0.3, -0.25) is 14.4 Å². The number of nitrogens with one attached hydrogen (secondary N) is 2. The van der Waals surface area contributed by atoms with Crippen molar-refractivity contribution in [1.82, 2.24) is 10.6 Å². The van der Waals surface area contributed by atoms with Gasteiger partial charge in [-0.1, -0.05) is 0 Å². The SMILES string of the molecule is CCNC(=O)C(C)NC(=O)CCCC(=O)O. The Kier molecular flexibility index (Phi) is 6.91. The van der Waals surface area contributed by atoms with E-state index in [4.69, 9.17) is 5.11 Å². The minimum absolute atomic E-state index is 0.0387. The first-order valence-corrected chi connectivity index (χ1v) is 5.26. The second-order valence-corrected chi connectivity index (χ2v) is 3.43. The van der Waals surface area contributed by atoms with Crippen LogP contribution in [0.5, 0.6) is 0 Å². The van der Waals surface area contributed by atoms with Crippen LogP contribution in [0.3, 0.4) is 0 Å². The minimum atomic E-state index is -0.926. The molecule has 0 aromatic rings. The van der Waals surface area contributed by atoms with Gasteiger partial charge >= 0.3 is 5.97 Å². The third-order valence-electron chi connectivity index (χ3n) is 1.92. The van der Waals surface area contributed by atoms with Crippen LogP contribution in [0.4, 0.5) is 0 Å². The van der Waals surface area contributed by atoms with Gasteiger partial charge in [-0.25, -0.2) is 0 Å². The predicted molar refractivity (Wildman–Crippen MR) is 57.8 cm³/mol. The molecule has 16 heavy (non-hydrogen) atoms. The van der Waals surface area contributed by atoms with Crippen molar-refractivity contribution in [2.75, 3.05) is 6.54 Å². The lowest BCUT2D eigenvalue weighted by atomic mass is 10.2. The minimum Gasteiger partial charge on any atom is -0.481 e. The molecule has 0 aliphatic heterocycles. The Balaban J connectivity index is 3.77. The molecule has 6 nitrogen and oxygen atoms in total. The number of carboxylic acids is 1. The van der Waals surface area contributed by atoms with E-state index >= 15 is 0 Å². The molecule has 0 spiro atoms. The van der Waals surface area contributed by atoms with Gasteiger partial charge in [0.05, 0.1) is 0 Å². The molecule has 0 aromatic carbocycles. The van der Waals surface area contributed by atoms with Crippen LogP contribution in [0.15, 0.2) is 0 Å². The maximum absolute atomic E-state index is 11.3. The van der Waals surface area contributed by atoms with E-state index in [0.29, 0.717) is 6.54 Å². The van der Waals surface area contributed by atoms with Crippen LogP contribution in [0.1, 0.15) is 33.1 Å². The average molecular weight is 230 g/mol. The highest BCUT2D eigenvalue weighted by molar-refractivity contribution is 5.87. The summed E-state index contributed by atoms with van der Waals surface area (Å²) in [6, 6.07) is -0.586. The van der Waals surface area contributed by atoms with E-state index in [9.17, 15) is 14.4 Å². The van der Waals surface area contributed by atoms with Gasteiger partial charge in [-0.15, -0.1) is 0 Å². The first kappa shape index (κ1) is 14.4. The summed E-state index contributed by atoms with van der Waals surface area (Å²) in [7, 11) is 0. The number of aliphatic carboxylic acids is 1. The Morgan fingerprint density at radius 3 is 2.38 bits per heavy atom. The summed E-state index contributed by atoms with van der Waals surface area (Å²) < 4.78 is 0. The maximum Gasteiger partial charge on any atom is 0.303 e. The zero-order valence-corrected chi connectivity index (χ0v) is 9.58. The highest BCUT2D eigenvalue weighted by Gasteiger charge is 2.14. The maximum atomic E-state index is 11.3. The van der Waals surface area contributed by atoms with Crippen LogP contribution in [0.25, 0.3) is 0 Å². The first-order chi connectivity index (χ1) is 7.47. The smallest absolute Gasteiger partial charge is 0.303 e.